The fraction of sp³-hybridized carbons (Fsp3) is 0.0417. The predicted octanol–water partition coefficient (Wildman–Crippen LogP) is 5.65. The van der Waals surface area contributed by atoms with Crippen molar-refractivity contribution in [2.75, 3.05) is 11.1 Å². The van der Waals surface area contributed by atoms with Crippen LogP contribution in [0.3, 0.4) is 0 Å². The summed E-state index contributed by atoms with van der Waals surface area (Å²) in [5, 5.41) is 31.8. The Labute approximate surface area is 217 Å². The Bertz CT molecular complexity index is 1470. The molecule has 2 N–H and O–H groups in total. The third kappa shape index (κ3) is 5.26. The number of phenolic OH excluding ortho intramolecular Hbond substituents is 1. The topological polar surface area (TPSA) is 106 Å². The van der Waals surface area contributed by atoms with E-state index in [0.717, 1.165) is 20.7 Å². The van der Waals surface area contributed by atoms with Crippen LogP contribution in [0.5, 0.6) is 5.75 Å². The fourth-order valence-corrected chi connectivity index (χ4v) is 5.17. The number of thioether (sulfide) groups is 1. The van der Waals surface area contributed by atoms with Crippen molar-refractivity contribution in [1.82, 2.24) is 25.0 Å². The smallest absolute Gasteiger partial charge is 0.236 e. The minimum absolute atomic E-state index is 0.0811. The molecule has 0 atom stereocenters. The number of aromatic nitrogens is 5. The zero-order chi connectivity index (χ0) is 24.2. The second-order valence-electron chi connectivity index (χ2n) is 7.25. The van der Waals surface area contributed by atoms with E-state index in [0.29, 0.717) is 21.7 Å². The molecule has 8 nitrogen and oxygen atoms in total. The highest BCUT2D eigenvalue weighted by molar-refractivity contribution is 9.10. The molecule has 0 saturated heterocycles. The molecule has 11 heteroatoms. The summed E-state index contributed by atoms with van der Waals surface area (Å²) in [4.78, 5) is 12.7. The van der Waals surface area contributed by atoms with Gasteiger partial charge >= 0.3 is 0 Å². The van der Waals surface area contributed by atoms with Gasteiger partial charge in [-0.25, -0.2) is 0 Å². The van der Waals surface area contributed by atoms with Crippen molar-refractivity contribution in [3.05, 3.63) is 83.3 Å². The number of hydrogen-bond donors (Lipinski definition) is 2. The second kappa shape index (κ2) is 10.4. The third-order valence-electron chi connectivity index (χ3n) is 4.87. The maximum atomic E-state index is 12.7. The van der Waals surface area contributed by atoms with Crippen molar-refractivity contribution in [3.8, 4) is 33.4 Å². The van der Waals surface area contributed by atoms with Gasteiger partial charge in [-0.05, 0) is 30.3 Å². The van der Waals surface area contributed by atoms with Crippen LogP contribution in [0.1, 0.15) is 0 Å². The lowest BCUT2D eigenvalue weighted by molar-refractivity contribution is -0.113. The van der Waals surface area contributed by atoms with Crippen LogP contribution < -0.4 is 5.32 Å². The molecular weight excluding hydrogens is 548 g/mol. The van der Waals surface area contributed by atoms with Crippen LogP contribution in [-0.4, -0.2) is 41.7 Å². The summed E-state index contributed by atoms with van der Waals surface area (Å²) in [5.74, 6) is 0.405. The Kier molecular flexibility index (Phi) is 6.89. The monoisotopic (exact) mass is 564 g/mol. The summed E-state index contributed by atoms with van der Waals surface area (Å²) in [6.07, 6.45) is 0. The average Bonchev–Trinajstić information content (AvgIpc) is 3.52. The highest BCUT2D eigenvalue weighted by Crippen LogP contribution is 2.34. The van der Waals surface area contributed by atoms with E-state index in [1.165, 1.54) is 23.1 Å². The van der Waals surface area contributed by atoms with Gasteiger partial charge in [0.1, 0.15) is 10.8 Å². The van der Waals surface area contributed by atoms with Gasteiger partial charge in [0.2, 0.25) is 11.0 Å². The summed E-state index contributed by atoms with van der Waals surface area (Å²) in [7, 11) is 0. The number of benzene rings is 3. The highest BCUT2D eigenvalue weighted by atomic mass is 79.9. The van der Waals surface area contributed by atoms with E-state index in [9.17, 15) is 9.90 Å². The number of carbonyl (C=O) groups is 1. The summed E-state index contributed by atoms with van der Waals surface area (Å²) in [6, 6.07) is 24.3. The van der Waals surface area contributed by atoms with Gasteiger partial charge in [0.05, 0.1) is 11.3 Å². The van der Waals surface area contributed by atoms with E-state index in [1.807, 2.05) is 65.2 Å². The van der Waals surface area contributed by atoms with E-state index < -0.39 is 0 Å². The maximum Gasteiger partial charge on any atom is 0.236 e. The molecule has 0 radical (unpaired) electrons. The van der Waals surface area contributed by atoms with Crippen LogP contribution in [-0.2, 0) is 4.79 Å². The molecule has 0 aliphatic carbocycles. The number of hydrogen-bond acceptors (Lipinski definition) is 8. The van der Waals surface area contributed by atoms with Gasteiger partial charge in [0, 0.05) is 15.7 Å². The lowest BCUT2D eigenvalue weighted by atomic mass is 10.2. The number of phenols is 1. The quantitative estimate of drug-likeness (QED) is 0.246. The third-order valence-corrected chi connectivity index (χ3v) is 7.18. The molecule has 0 spiro atoms. The second-order valence-corrected chi connectivity index (χ2v) is 10.1. The standard InChI is InChI=1S/C24H17BrN6O2S2/c25-16-11-12-19(32)18(13-16)21-27-30-24(31(21)17-9-5-2-6-10-17)34-14-20(33)26-23-29-28-22(35-23)15-7-3-1-4-8-15/h1-13,32H,14H2,(H,26,29,33). The van der Waals surface area contributed by atoms with Crippen molar-refractivity contribution in [2.24, 2.45) is 0 Å². The summed E-state index contributed by atoms with van der Waals surface area (Å²) < 4.78 is 2.62. The van der Waals surface area contributed by atoms with Crippen LogP contribution in [0, 0.1) is 0 Å². The first kappa shape index (κ1) is 23.2. The number of para-hydroxylation sites is 1. The normalized spacial score (nSPS) is 10.9. The van der Waals surface area contributed by atoms with Crippen LogP contribution in [0.15, 0.2) is 88.5 Å². The van der Waals surface area contributed by atoms with Gasteiger partial charge in [-0.1, -0.05) is 87.6 Å². The molecule has 0 aliphatic heterocycles. The molecule has 35 heavy (non-hydrogen) atoms. The summed E-state index contributed by atoms with van der Waals surface area (Å²) in [6.45, 7) is 0. The fourth-order valence-electron chi connectivity index (χ4n) is 3.29. The zero-order valence-electron chi connectivity index (χ0n) is 18.0. The maximum absolute atomic E-state index is 12.7. The molecule has 5 rings (SSSR count). The number of carbonyl (C=O) groups excluding carboxylic acids is 1. The highest BCUT2D eigenvalue weighted by Gasteiger charge is 2.20. The predicted molar refractivity (Wildman–Crippen MR) is 141 cm³/mol. The molecule has 5 aromatic rings. The minimum atomic E-state index is -0.236. The Hall–Kier alpha value is -3.54. The Morgan fingerprint density at radius 2 is 1.71 bits per heavy atom. The van der Waals surface area contributed by atoms with Crippen molar-refractivity contribution < 1.29 is 9.90 Å². The van der Waals surface area contributed by atoms with E-state index in [2.05, 4.69) is 41.6 Å². The molecular formula is C24H17BrN6O2S2. The lowest BCUT2D eigenvalue weighted by Crippen LogP contribution is -2.14. The van der Waals surface area contributed by atoms with E-state index in [1.54, 1.807) is 18.2 Å². The number of rotatable bonds is 7. The molecule has 0 bridgehead atoms. The first-order valence-corrected chi connectivity index (χ1v) is 13.0. The van der Waals surface area contributed by atoms with Crippen LogP contribution >= 0.6 is 39.0 Å². The van der Waals surface area contributed by atoms with Gasteiger partial charge in [-0.15, -0.1) is 20.4 Å². The SMILES string of the molecule is O=C(CSc1nnc(-c2cc(Br)ccc2O)n1-c1ccccc1)Nc1nnc(-c2ccccc2)s1. The molecule has 1 amide bonds. The van der Waals surface area contributed by atoms with Crippen LogP contribution in [0.25, 0.3) is 27.6 Å². The molecule has 0 unspecified atom stereocenters. The van der Waals surface area contributed by atoms with Crippen molar-refractivity contribution in [3.63, 3.8) is 0 Å². The van der Waals surface area contributed by atoms with Gasteiger partial charge in [-0.2, -0.15) is 0 Å². The summed E-state index contributed by atoms with van der Waals surface area (Å²) >= 11 is 5.99. The Morgan fingerprint density at radius 3 is 2.49 bits per heavy atom. The number of amides is 1. The molecule has 3 aromatic carbocycles. The Balaban J connectivity index is 1.36. The zero-order valence-corrected chi connectivity index (χ0v) is 21.2. The Morgan fingerprint density at radius 1 is 0.971 bits per heavy atom. The van der Waals surface area contributed by atoms with Crippen LogP contribution in [0.2, 0.25) is 0 Å². The van der Waals surface area contributed by atoms with Gasteiger partial charge < -0.3 is 5.11 Å². The number of nitrogens with zero attached hydrogens (tertiary/aromatic N) is 5. The average molecular weight is 565 g/mol. The summed E-state index contributed by atoms with van der Waals surface area (Å²) in [5.41, 5.74) is 2.28. The number of halogens is 1. The van der Waals surface area contributed by atoms with Gasteiger partial charge in [0.15, 0.2) is 11.0 Å². The molecule has 0 saturated carbocycles. The van der Waals surface area contributed by atoms with Gasteiger partial charge in [0.25, 0.3) is 0 Å². The molecule has 0 fully saturated rings. The lowest BCUT2D eigenvalue weighted by Gasteiger charge is -2.11. The molecule has 0 aliphatic rings. The van der Waals surface area contributed by atoms with Crippen molar-refractivity contribution >= 4 is 50.1 Å². The van der Waals surface area contributed by atoms with E-state index in [-0.39, 0.29) is 17.4 Å². The number of aromatic hydroxyl groups is 1. The molecule has 174 valence electrons. The van der Waals surface area contributed by atoms with E-state index in [4.69, 9.17) is 0 Å². The largest absolute Gasteiger partial charge is 0.507 e. The molecule has 2 aromatic heterocycles. The first-order valence-electron chi connectivity index (χ1n) is 10.4. The minimum Gasteiger partial charge on any atom is -0.507 e. The number of nitrogens with one attached hydrogen (secondary N) is 1. The van der Waals surface area contributed by atoms with Gasteiger partial charge in [-0.3, -0.25) is 14.7 Å². The van der Waals surface area contributed by atoms with Crippen molar-refractivity contribution in [2.45, 2.75) is 5.16 Å². The number of anilines is 1. The van der Waals surface area contributed by atoms with Crippen molar-refractivity contribution in [1.29, 1.82) is 0 Å². The first-order chi connectivity index (χ1) is 17.1. The van der Waals surface area contributed by atoms with E-state index >= 15 is 0 Å². The molecule has 2 heterocycles. The van der Waals surface area contributed by atoms with Crippen LogP contribution in [0.4, 0.5) is 5.13 Å².